The SMILES string of the molecule is O=c1cc(CSc2ccc(F)c(F)c2)nc2nc(Cc3ccccc3)[nH]n12. The summed E-state index contributed by atoms with van der Waals surface area (Å²) in [6.07, 6.45) is 0.558. The second kappa shape index (κ2) is 7.32. The Morgan fingerprint density at radius 2 is 1.81 bits per heavy atom. The molecule has 8 heteroatoms. The van der Waals surface area contributed by atoms with Gasteiger partial charge in [0.15, 0.2) is 11.6 Å². The van der Waals surface area contributed by atoms with Crippen molar-refractivity contribution in [2.24, 2.45) is 0 Å². The molecule has 27 heavy (non-hydrogen) atoms. The Morgan fingerprint density at radius 3 is 2.59 bits per heavy atom. The van der Waals surface area contributed by atoms with E-state index in [0.717, 1.165) is 17.7 Å². The summed E-state index contributed by atoms with van der Waals surface area (Å²) in [6.45, 7) is 0. The van der Waals surface area contributed by atoms with Gasteiger partial charge in [-0.25, -0.2) is 13.8 Å². The average molecular weight is 384 g/mol. The second-order valence-corrected chi connectivity index (χ2v) is 6.97. The summed E-state index contributed by atoms with van der Waals surface area (Å²) in [5, 5.41) is 2.96. The van der Waals surface area contributed by atoms with Gasteiger partial charge in [0, 0.05) is 23.1 Å². The first-order valence-electron chi connectivity index (χ1n) is 8.18. The Balaban J connectivity index is 1.55. The van der Waals surface area contributed by atoms with Gasteiger partial charge in [-0.05, 0) is 23.8 Å². The van der Waals surface area contributed by atoms with Crippen molar-refractivity contribution in [3.05, 3.63) is 93.7 Å². The topological polar surface area (TPSA) is 63.0 Å². The molecule has 0 aliphatic carbocycles. The van der Waals surface area contributed by atoms with Crippen LogP contribution in [0.15, 0.2) is 64.3 Å². The van der Waals surface area contributed by atoms with E-state index in [9.17, 15) is 13.6 Å². The standard InChI is InChI=1S/C19H14F2N4OS/c20-15-7-6-14(10-16(15)21)27-11-13-9-18(26)25-19(22-13)23-17(24-25)8-12-4-2-1-3-5-12/h1-7,9-10H,8,11H2,(H,22,23,24). The number of nitrogens with zero attached hydrogens (tertiary/aromatic N) is 3. The predicted octanol–water partition coefficient (Wildman–Crippen LogP) is 3.58. The number of fused-ring (bicyclic) bond motifs is 1. The largest absolute Gasteiger partial charge is 0.275 e. The first-order valence-corrected chi connectivity index (χ1v) is 9.16. The van der Waals surface area contributed by atoms with Gasteiger partial charge in [-0.3, -0.25) is 9.89 Å². The van der Waals surface area contributed by atoms with E-state index >= 15 is 0 Å². The highest BCUT2D eigenvalue weighted by Crippen LogP contribution is 2.23. The second-order valence-electron chi connectivity index (χ2n) is 5.92. The van der Waals surface area contributed by atoms with Gasteiger partial charge in [0.2, 0.25) is 0 Å². The van der Waals surface area contributed by atoms with Crippen LogP contribution >= 0.6 is 11.8 Å². The van der Waals surface area contributed by atoms with E-state index in [0.29, 0.717) is 28.6 Å². The zero-order valence-electron chi connectivity index (χ0n) is 14.0. The zero-order chi connectivity index (χ0) is 18.8. The van der Waals surface area contributed by atoms with Crippen molar-refractivity contribution in [2.45, 2.75) is 17.1 Å². The monoisotopic (exact) mass is 384 g/mol. The maximum Gasteiger partial charge on any atom is 0.274 e. The number of halogens is 2. The highest BCUT2D eigenvalue weighted by molar-refractivity contribution is 7.98. The number of aromatic amines is 1. The molecule has 2 heterocycles. The Kier molecular flexibility index (Phi) is 4.72. The van der Waals surface area contributed by atoms with E-state index in [2.05, 4.69) is 15.1 Å². The van der Waals surface area contributed by atoms with E-state index in [1.807, 2.05) is 30.3 Å². The van der Waals surface area contributed by atoms with Gasteiger partial charge in [0.25, 0.3) is 11.3 Å². The molecule has 4 aromatic rings. The number of thioether (sulfide) groups is 1. The van der Waals surface area contributed by atoms with Crippen LogP contribution in [0.2, 0.25) is 0 Å². The molecular formula is C19H14F2N4OS. The lowest BCUT2D eigenvalue weighted by atomic mass is 10.1. The number of H-pyrrole nitrogens is 1. The molecule has 0 fully saturated rings. The van der Waals surface area contributed by atoms with Gasteiger partial charge in [0.1, 0.15) is 5.82 Å². The van der Waals surface area contributed by atoms with Crippen LogP contribution < -0.4 is 5.56 Å². The molecule has 2 aromatic heterocycles. The minimum Gasteiger partial charge on any atom is -0.275 e. The van der Waals surface area contributed by atoms with Crippen LogP contribution in [-0.4, -0.2) is 19.6 Å². The van der Waals surface area contributed by atoms with E-state index in [-0.39, 0.29) is 11.3 Å². The Bertz CT molecular complexity index is 1160. The molecule has 0 bridgehead atoms. The Morgan fingerprint density at radius 1 is 1.00 bits per heavy atom. The maximum atomic E-state index is 13.3. The maximum absolute atomic E-state index is 13.3. The smallest absolute Gasteiger partial charge is 0.274 e. The van der Waals surface area contributed by atoms with Crippen LogP contribution in [0, 0.1) is 11.6 Å². The lowest BCUT2D eigenvalue weighted by Gasteiger charge is -2.02. The van der Waals surface area contributed by atoms with E-state index in [4.69, 9.17) is 0 Å². The predicted molar refractivity (Wildman–Crippen MR) is 98.8 cm³/mol. The fourth-order valence-electron chi connectivity index (χ4n) is 2.64. The van der Waals surface area contributed by atoms with Crippen molar-refractivity contribution in [3.8, 4) is 0 Å². The molecule has 0 aliphatic rings. The van der Waals surface area contributed by atoms with Crippen LogP contribution in [-0.2, 0) is 12.2 Å². The number of benzene rings is 2. The molecule has 0 spiro atoms. The quantitative estimate of drug-likeness (QED) is 0.534. The summed E-state index contributed by atoms with van der Waals surface area (Å²) in [5.41, 5.74) is 1.32. The molecule has 0 unspecified atom stereocenters. The average Bonchev–Trinajstić information content (AvgIpc) is 3.06. The number of nitrogens with one attached hydrogen (secondary N) is 1. The number of rotatable bonds is 5. The highest BCUT2D eigenvalue weighted by Gasteiger charge is 2.10. The summed E-state index contributed by atoms with van der Waals surface area (Å²) < 4.78 is 27.6. The fourth-order valence-corrected chi connectivity index (χ4v) is 3.45. The van der Waals surface area contributed by atoms with Crippen LogP contribution in [0.5, 0.6) is 0 Å². The third kappa shape index (κ3) is 3.90. The highest BCUT2D eigenvalue weighted by atomic mass is 32.2. The summed E-state index contributed by atoms with van der Waals surface area (Å²) in [7, 11) is 0. The molecular weight excluding hydrogens is 370 g/mol. The van der Waals surface area contributed by atoms with Crippen molar-refractivity contribution in [3.63, 3.8) is 0 Å². The van der Waals surface area contributed by atoms with Gasteiger partial charge in [0.05, 0.1) is 5.69 Å². The normalized spacial score (nSPS) is 11.2. The van der Waals surface area contributed by atoms with Crippen molar-refractivity contribution >= 4 is 17.5 Å². The van der Waals surface area contributed by atoms with E-state index < -0.39 is 11.6 Å². The summed E-state index contributed by atoms with van der Waals surface area (Å²) in [6, 6.07) is 14.9. The molecule has 5 nitrogen and oxygen atoms in total. The first kappa shape index (κ1) is 17.4. The molecule has 4 rings (SSSR count). The minimum atomic E-state index is -0.902. The zero-order valence-corrected chi connectivity index (χ0v) is 14.8. The molecule has 2 aromatic carbocycles. The summed E-state index contributed by atoms with van der Waals surface area (Å²) >= 11 is 1.27. The summed E-state index contributed by atoms with van der Waals surface area (Å²) in [5.74, 6) is -0.524. The van der Waals surface area contributed by atoms with Gasteiger partial charge in [-0.1, -0.05) is 30.3 Å². The van der Waals surface area contributed by atoms with Crippen molar-refractivity contribution in [2.75, 3.05) is 0 Å². The molecule has 0 saturated carbocycles. The molecule has 0 radical (unpaired) electrons. The molecule has 0 amide bonds. The molecule has 136 valence electrons. The lowest BCUT2D eigenvalue weighted by molar-refractivity contribution is 0.506. The Hall–Kier alpha value is -3.00. The summed E-state index contributed by atoms with van der Waals surface area (Å²) in [4.78, 5) is 21.6. The third-order valence-corrected chi connectivity index (χ3v) is 4.95. The Labute approximate surface area is 157 Å². The number of aromatic nitrogens is 4. The van der Waals surface area contributed by atoms with Crippen molar-refractivity contribution in [1.82, 2.24) is 19.6 Å². The van der Waals surface area contributed by atoms with Gasteiger partial charge < -0.3 is 0 Å². The van der Waals surface area contributed by atoms with Gasteiger partial charge in [-0.2, -0.15) is 9.50 Å². The van der Waals surface area contributed by atoms with Gasteiger partial charge in [-0.15, -0.1) is 11.8 Å². The number of hydrogen-bond acceptors (Lipinski definition) is 4. The third-order valence-electron chi connectivity index (χ3n) is 3.92. The van der Waals surface area contributed by atoms with Gasteiger partial charge >= 0.3 is 0 Å². The fraction of sp³-hybridized carbons (Fsp3) is 0.105. The van der Waals surface area contributed by atoms with Crippen LogP contribution in [0.4, 0.5) is 8.78 Å². The molecule has 1 N–H and O–H groups in total. The minimum absolute atomic E-state index is 0.271. The van der Waals surface area contributed by atoms with Crippen molar-refractivity contribution < 1.29 is 8.78 Å². The van der Waals surface area contributed by atoms with Crippen molar-refractivity contribution in [1.29, 1.82) is 0 Å². The van der Waals surface area contributed by atoms with E-state index in [1.165, 1.54) is 28.4 Å². The molecule has 0 saturated heterocycles. The van der Waals surface area contributed by atoms with E-state index in [1.54, 1.807) is 0 Å². The molecule has 0 aliphatic heterocycles. The number of hydrogen-bond donors (Lipinski definition) is 1. The van der Waals surface area contributed by atoms with Crippen LogP contribution in [0.3, 0.4) is 0 Å². The first-order chi connectivity index (χ1) is 13.1. The lowest BCUT2D eigenvalue weighted by Crippen LogP contribution is -2.15. The van der Waals surface area contributed by atoms with Crippen LogP contribution in [0.25, 0.3) is 5.78 Å². The molecule has 0 atom stereocenters. The van der Waals surface area contributed by atoms with Crippen LogP contribution in [0.1, 0.15) is 17.1 Å².